The van der Waals surface area contributed by atoms with E-state index in [2.05, 4.69) is 17.0 Å². The van der Waals surface area contributed by atoms with E-state index in [1.165, 1.54) is 11.1 Å². The Hall–Kier alpha value is -2.59. The van der Waals surface area contributed by atoms with Crippen molar-refractivity contribution >= 4 is 33.3 Å². The topological polar surface area (TPSA) is 130 Å². The number of allylic oxidation sites excluding steroid dienone is 1. The van der Waals surface area contributed by atoms with Gasteiger partial charge >= 0.3 is 5.97 Å². The van der Waals surface area contributed by atoms with E-state index in [1.54, 1.807) is 18.2 Å². The third-order valence-electron chi connectivity index (χ3n) is 10.4. The van der Waals surface area contributed by atoms with Gasteiger partial charge in [-0.3, -0.25) is 0 Å². The van der Waals surface area contributed by atoms with Crippen molar-refractivity contribution in [2.75, 3.05) is 24.6 Å². The summed E-state index contributed by atoms with van der Waals surface area (Å²) < 4.78 is 30.2. The zero-order valence-corrected chi connectivity index (χ0v) is 25.9. The standard InChI is InChI=1S/C33H41ClN2O6S/c34-25-9-11-28-22(16-25)4-2-14-33(28)19-36(29-17-23(32(38)39)8-13-31(29)42-20-33)18-24-7-10-27(24)30(37)12-6-21-3-1-5-26(15-21)43(35,40)41/h6,8-9,11-13,16-17,21,24,26-27,30,37H,1-5,7,10,14-15,18-20H2,(H,38,39)(H2,35,40,41)/b12-6+/t21-,24+,26+,27-,30?,33+/m1/s1. The van der Waals surface area contributed by atoms with Crippen LogP contribution in [0.1, 0.15) is 72.9 Å². The average molecular weight is 629 g/mol. The van der Waals surface area contributed by atoms with Crippen molar-refractivity contribution in [1.82, 2.24) is 0 Å². The van der Waals surface area contributed by atoms with Gasteiger partial charge in [-0.1, -0.05) is 36.2 Å². The quantitative estimate of drug-likeness (QED) is 0.355. The highest BCUT2D eigenvalue weighted by Gasteiger charge is 2.44. The number of carbonyl (C=O) groups is 1. The molecule has 2 aromatic carbocycles. The van der Waals surface area contributed by atoms with E-state index in [-0.39, 0.29) is 28.7 Å². The van der Waals surface area contributed by atoms with Crippen molar-refractivity contribution in [2.45, 2.75) is 74.6 Å². The SMILES string of the molecule is NS(=O)(=O)[C@H]1CCC[C@H](/C=C/C(O)[C@@H]2CC[C@H]2CN2C[C@@]3(CCCc4cc(Cl)ccc43)COc3ccc(C(=O)O)cc32)C1. The summed E-state index contributed by atoms with van der Waals surface area (Å²) in [7, 11) is -3.56. The molecule has 2 aromatic rings. The first-order chi connectivity index (χ1) is 20.5. The number of carboxylic acids is 1. The lowest BCUT2D eigenvalue weighted by atomic mass is 9.68. The average Bonchev–Trinajstić information content (AvgIpc) is 3.10. The number of sulfonamides is 1. The van der Waals surface area contributed by atoms with Gasteiger partial charge < -0.3 is 19.8 Å². The number of primary sulfonamides is 1. The number of carboxylic acid groups (broad SMARTS) is 1. The fraction of sp³-hybridized carbons (Fsp3) is 0.545. The van der Waals surface area contributed by atoms with Gasteiger partial charge in [-0.2, -0.15) is 0 Å². The molecular formula is C33H41ClN2O6S. The Bertz CT molecular complexity index is 1510. The summed E-state index contributed by atoms with van der Waals surface area (Å²) >= 11 is 6.37. The number of fused-ring (bicyclic) bond motifs is 3. The predicted molar refractivity (Wildman–Crippen MR) is 167 cm³/mol. The Morgan fingerprint density at radius 3 is 2.74 bits per heavy atom. The van der Waals surface area contributed by atoms with Crippen molar-refractivity contribution in [1.29, 1.82) is 0 Å². The number of ether oxygens (including phenoxy) is 1. The van der Waals surface area contributed by atoms with Crippen LogP contribution in [0.5, 0.6) is 5.75 Å². The van der Waals surface area contributed by atoms with Gasteiger partial charge in [0.2, 0.25) is 10.0 Å². The van der Waals surface area contributed by atoms with Crippen molar-refractivity contribution < 1.29 is 28.2 Å². The van der Waals surface area contributed by atoms with E-state index in [4.69, 9.17) is 21.5 Å². The zero-order valence-electron chi connectivity index (χ0n) is 24.3. The molecule has 0 bridgehead atoms. The lowest BCUT2D eigenvalue weighted by Gasteiger charge is -2.45. The molecule has 1 unspecified atom stereocenters. The van der Waals surface area contributed by atoms with Crippen LogP contribution < -0.4 is 14.8 Å². The number of rotatable bonds is 7. The van der Waals surface area contributed by atoms with Crippen LogP contribution in [0.25, 0.3) is 0 Å². The first kappa shape index (κ1) is 30.4. The summed E-state index contributed by atoms with van der Waals surface area (Å²) in [6, 6.07) is 11.2. The smallest absolute Gasteiger partial charge is 0.335 e. The molecule has 0 aromatic heterocycles. The molecule has 43 heavy (non-hydrogen) atoms. The number of hydrogen-bond acceptors (Lipinski definition) is 6. The van der Waals surface area contributed by atoms with E-state index in [0.717, 1.165) is 55.7 Å². The summed E-state index contributed by atoms with van der Waals surface area (Å²) in [5, 5.41) is 26.6. The lowest BCUT2D eigenvalue weighted by molar-refractivity contribution is 0.0453. The molecule has 0 amide bonds. The Balaban J connectivity index is 1.24. The van der Waals surface area contributed by atoms with Gasteiger partial charge in [0, 0.05) is 23.5 Å². The van der Waals surface area contributed by atoms with Crippen LogP contribution in [0.3, 0.4) is 0 Å². The normalized spacial score (nSPS) is 29.7. The Labute approximate surface area is 258 Å². The van der Waals surface area contributed by atoms with E-state index in [9.17, 15) is 23.4 Å². The summed E-state index contributed by atoms with van der Waals surface area (Å²) in [6.07, 6.45) is 10.8. The van der Waals surface area contributed by atoms with Crippen molar-refractivity contribution in [3.8, 4) is 5.75 Å². The highest BCUT2D eigenvalue weighted by atomic mass is 35.5. The maximum atomic E-state index is 11.9. The predicted octanol–water partition coefficient (Wildman–Crippen LogP) is 5.30. The van der Waals surface area contributed by atoms with E-state index < -0.39 is 27.3 Å². The molecule has 6 rings (SSSR count). The second-order valence-corrected chi connectivity index (χ2v) is 15.4. The molecule has 6 atom stereocenters. The van der Waals surface area contributed by atoms with Crippen molar-refractivity contribution in [3.05, 3.63) is 70.3 Å². The molecule has 8 nitrogen and oxygen atoms in total. The summed E-state index contributed by atoms with van der Waals surface area (Å²) in [5.74, 6) is 0.0781. The molecule has 0 saturated heterocycles. The molecule has 0 radical (unpaired) electrons. The molecule has 2 saturated carbocycles. The molecule has 232 valence electrons. The maximum absolute atomic E-state index is 11.9. The highest BCUT2D eigenvalue weighted by Crippen LogP contribution is 2.46. The Morgan fingerprint density at radius 2 is 2.00 bits per heavy atom. The van der Waals surface area contributed by atoms with Crippen LogP contribution in [-0.2, 0) is 21.9 Å². The third kappa shape index (κ3) is 6.32. The number of aromatic carboxylic acids is 1. The zero-order chi connectivity index (χ0) is 30.4. The summed E-state index contributed by atoms with van der Waals surface area (Å²) in [6.45, 7) is 1.86. The van der Waals surface area contributed by atoms with Gasteiger partial charge in [-0.05, 0) is 111 Å². The Morgan fingerprint density at radius 1 is 1.16 bits per heavy atom. The monoisotopic (exact) mass is 628 g/mol. The molecule has 1 spiro atoms. The number of halogens is 1. The van der Waals surface area contributed by atoms with Crippen LogP contribution in [0.2, 0.25) is 5.02 Å². The molecule has 1 aliphatic heterocycles. The minimum atomic E-state index is -3.56. The second kappa shape index (κ2) is 12.1. The minimum Gasteiger partial charge on any atom is -0.490 e. The number of aliphatic hydroxyl groups excluding tert-OH is 1. The van der Waals surface area contributed by atoms with Crippen LogP contribution in [0.15, 0.2) is 48.6 Å². The van der Waals surface area contributed by atoms with Gasteiger partial charge in [0.1, 0.15) is 5.75 Å². The van der Waals surface area contributed by atoms with E-state index in [1.807, 2.05) is 18.2 Å². The second-order valence-electron chi connectivity index (χ2n) is 13.1. The summed E-state index contributed by atoms with van der Waals surface area (Å²) in [5.41, 5.74) is 3.23. The number of aliphatic hydroxyl groups is 1. The molecular weight excluding hydrogens is 588 g/mol. The number of nitrogens with zero attached hydrogens (tertiary/aromatic N) is 1. The van der Waals surface area contributed by atoms with Crippen LogP contribution in [0, 0.1) is 17.8 Å². The largest absolute Gasteiger partial charge is 0.490 e. The maximum Gasteiger partial charge on any atom is 0.335 e. The highest BCUT2D eigenvalue weighted by molar-refractivity contribution is 7.89. The van der Waals surface area contributed by atoms with Crippen molar-refractivity contribution in [2.24, 2.45) is 22.9 Å². The van der Waals surface area contributed by atoms with Gasteiger partial charge in [0.15, 0.2) is 0 Å². The molecule has 10 heteroatoms. The lowest BCUT2D eigenvalue weighted by Crippen LogP contribution is -2.49. The minimum absolute atomic E-state index is 0.0672. The van der Waals surface area contributed by atoms with Gasteiger partial charge in [0.25, 0.3) is 0 Å². The van der Waals surface area contributed by atoms with Crippen LogP contribution >= 0.6 is 11.6 Å². The van der Waals surface area contributed by atoms with Gasteiger partial charge in [-0.15, -0.1) is 0 Å². The molecule has 4 aliphatic rings. The van der Waals surface area contributed by atoms with Crippen LogP contribution in [0.4, 0.5) is 5.69 Å². The van der Waals surface area contributed by atoms with E-state index >= 15 is 0 Å². The number of benzene rings is 2. The number of anilines is 1. The molecule has 2 fully saturated rings. The van der Waals surface area contributed by atoms with Gasteiger partial charge in [0.05, 0.1) is 29.2 Å². The first-order valence-corrected chi connectivity index (χ1v) is 17.4. The molecule has 1 heterocycles. The van der Waals surface area contributed by atoms with Gasteiger partial charge in [-0.25, -0.2) is 18.4 Å². The number of hydrogen-bond donors (Lipinski definition) is 3. The number of aryl methyl sites for hydroxylation is 1. The fourth-order valence-corrected chi connectivity index (χ4v) is 9.07. The van der Waals surface area contributed by atoms with E-state index in [0.29, 0.717) is 38.3 Å². The first-order valence-electron chi connectivity index (χ1n) is 15.4. The summed E-state index contributed by atoms with van der Waals surface area (Å²) in [4.78, 5) is 14.2. The third-order valence-corrected chi connectivity index (χ3v) is 12.0. The number of nitrogens with two attached hydrogens (primary N) is 1. The molecule has 3 aliphatic carbocycles. The Kier molecular flexibility index (Phi) is 8.54. The van der Waals surface area contributed by atoms with Crippen LogP contribution in [-0.4, -0.2) is 55.7 Å². The molecule has 4 N–H and O–H groups in total. The fourth-order valence-electron chi connectivity index (χ4n) is 7.87. The van der Waals surface area contributed by atoms with Crippen molar-refractivity contribution in [3.63, 3.8) is 0 Å².